The van der Waals surface area contributed by atoms with E-state index in [1.807, 2.05) is 18.7 Å². The summed E-state index contributed by atoms with van der Waals surface area (Å²) in [5.41, 5.74) is 4.75. The summed E-state index contributed by atoms with van der Waals surface area (Å²) in [6.45, 7) is 6.86. The predicted molar refractivity (Wildman–Crippen MR) is 90.2 cm³/mol. The van der Waals surface area contributed by atoms with Gasteiger partial charge in [-0.05, 0) is 33.1 Å². The van der Waals surface area contributed by atoms with Crippen LogP contribution in [0, 0.1) is 13.8 Å². The molecule has 1 N–H and O–H groups in total. The third kappa shape index (κ3) is 2.53. The van der Waals surface area contributed by atoms with Gasteiger partial charge in [-0.2, -0.15) is 5.10 Å². The monoisotopic (exact) mass is 326 g/mol. The molecule has 1 fully saturated rings. The molecular weight excluding hydrogens is 304 g/mol. The van der Waals surface area contributed by atoms with Crippen LogP contribution in [0.3, 0.4) is 0 Å². The largest absolute Gasteiger partial charge is 0.352 e. The summed E-state index contributed by atoms with van der Waals surface area (Å²) in [4.78, 5) is 25.9. The molecule has 0 unspecified atom stereocenters. The molecular formula is C17H22N6O. The molecule has 0 radical (unpaired) electrons. The second kappa shape index (κ2) is 5.89. The summed E-state index contributed by atoms with van der Waals surface area (Å²) in [6, 6.07) is 0. The molecule has 3 heterocycles. The summed E-state index contributed by atoms with van der Waals surface area (Å²) in [6.07, 6.45) is 4.87. The van der Waals surface area contributed by atoms with E-state index in [1.54, 1.807) is 6.20 Å². The number of nitrogens with zero attached hydrogens (tertiary/aromatic N) is 5. The highest BCUT2D eigenvalue weighted by atomic mass is 16.2. The molecule has 0 spiro atoms. The molecule has 2 aliphatic rings. The van der Waals surface area contributed by atoms with Crippen LogP contribution in [0.5, 0.6) is 0 Å². The van der Waals surface area contributed by atoms with Gasteiger partial charge in [0.25, 0.3) is 5.91 Å². The summed E-state index contributed by atoms with van der Waals surface area (Å²) in [7, 11) is 0. The Hall–Kier alpha value is -2.44. The number of hydrogen-bond donors (Lipinski definition) is 1. The van der Waals surface area contributed by atoms with E-state index >= 15 is 0 Å². The highest BCUT2D eigenvalue weighted by Gasteiger charge is 2.29. The molecule has 7 heteroatoms. The van der Waals surface area contributed by atoms with E-state index in [4.69, 9.17) is 0 Å². The number of amides is 1. The minimum Gasteiger partial charge on any atom is -0.352 e. The first kappa shape index (κ1) is 15.1. The molecule has 2 aromatic heterocycles. The van der Waals surface area contributed by atoms with E-state index in [9.17, 15) is 4.79 Å². The fraction of sp³-hybridized carbons (Fsp3) is 0.529. The maximum atomic E-state index is 12.8. The van der Waals surface area contributed by atoms with Gasteiger partial charge in [0.1, 0.15) is 5.82 Å². The molecule has 126 valence electrons. The Balaban J connectivity index is 1.46. The second-order valence-electron chi connectivity index (χ2n) is 6.58. The highest BCUT2D eigenvalue weighted by molar-refractivity contribution is 5.94. The van der Waals surface area contributed by atoms with E-state index in [0.29, 0.717) is 18.8 Å². The molecule has 1 aliphatic carbocycles. The molecule has 0 aromatic carbocycles. The zero-order valence-electron chi connectivity index (χ0n) is 14.2. The van der Waals surface area contributed by atoms with Crippen LogP contribution in [-0.4, -0.2) is 57.2 Å². The van der Waals surface area contributed by atoms with Crippen LogP contribution in [-0.2, 0) is 12.8 Å². The Morgan fingerprint density at radius 3 is 2.75 bits per heavy atom. The van der Waals surface area contributed by atoms with Crippen molar-refractivity contribution >= 4 is 11.7 Å². The molecule has 0 bridgehead atoms. The van der Waals surface area contributed by atoms with Crippen molar-refractivity contribution in [2.75, 3.05) is 31.1 Å². The number of fused-ring (bicyclic) bond motifs is 1. The maximum absolute atomic E-state index is 12.8. The Labute approximate surface area is 141 Å². The van der Waals surface area contributed by atoms with Crippen molar-refractivity contribution in [3.8, 4) is 0 Å². The van der Waals surface area contributed by atoms with E-state index < -0.39 is 0 Å². The smallest absolute Gasteiger partial charge is 0.274 e. The van der Waals surface area contributed by atoms with E-state index in [1.165, 1.54) is 0 Å². The normalized spacial score (nSPS) is 17.2. The molecule has 4 rings (SSSR count). The minimum absolute atomic E-state index is 0.0566. The first-order chi connectivity index (χ1) is 11.6. The van der Waals surface area contributed by atoms with Crippen LogP contribution < -0.4 is 4.90 Å². The second-order valence-corrected chi connectivity index (χ2v) is 6.58. The number of hydrogen-bond acceptors (Lipinski definition) is 5. The molecule has 2 aromatic rings. The molecule has 24 heavy (non-hydrogen) atoms. The lowest BCUT2D eigenvalue weighted by Gasteiger charge is -2.35. The van der Waals surface area contributed by atoms with Crippen LogP contribution in [0.15, 0.2) is 6.20 Å². The van der Waals surface area contributed by atoms with Crippen LogP contribution >= 0.6 is 0 Å². The van der Waals surface area contributed by atoms with Crippen molar-refractivity contribution in [1.82, 2.24) is 25.1 Å². The maximum Gasteiger partial charge on any atom is 0.274 e. The number of aromatic amines is 1. The molecule has 1 amide bonds. The Bertz CT molecular complexity index is 775. The van der Waals surface area contributed by atoms with E-state index in [0.717, 1.165) is 60.8 Å². The minimum atomic E-state index is 0.0566. The number of piperazine rings is 1. The van der Waals surface area contributed by atoms with E-state index in [2.05, 4.69) is 25.1 Å². The number of carbonyl (C=O) groups excluding carboxylic acids is 1. The van der Waals surface area contributed by atoms with Crippen molar-refractivity contribution in [2.45, 2.75) is 33.1 Å². The summed E-state index contributed by atoms with van der Waals surface area (Å²) in [5, 5.41) is 7.29. The first-order valence-electron chi connectivity index (χ1n) is 8.54. The molecule has 1 aliphatic heterocycles. The van der Waals surface area contributed by atoms with E-state index in [-0.39, 0.29) is 5.91 Å². The van der Waals surface area contributed by atoms with Crippen molar-refractivity contribution in [2.24, 2.45) is 0 Å². The molecule has 1 saturated heterocycles. The van der Waals surface area contributed by atoms with Crippen molar-refractivity contribution in [3.63, 3.8) is 0 Å². The number of anilines is 1. The lowest BCUT2D eigenvalue weighted by Crippen LogP contribution is -2.49. The quantitative estimate of drug-likeness (QED) is 0.899. The topological polar surface area (TPSA) is 78.0 Å². The van der Waals surface area contributed by atoms with Crippen LogP contribution in [0.2, 0.25) is 0 Å². The Kier molecular flexibility index (Phi) is 3.70. The number of rotatable bonds is 2. The third-order valence-electron chi connectivity index (χ3n) is 4.93. The van der Waals surface area contributed by atoms with Crippen LogP contribution in [0.1, 0.15) is 39.6 Å². The number of carbonyl (C=O) groups is 1. The molecule has 7 nitrogen and oxygen atoms in total. The van der Waals surface area contributed by atoms with Gasteiger partial charge in [-0.25, -0.2) is 4.98 Å². The first-order valence-corrected chi connectivity index (χ1v) is 8.54. The Morgan fingerprint density at radius 2 is 1.96 bits per heavy atom. The molecule has 0 saturated carbocycles. The van der Waals surface area contributed by atoms with Gasteiger partial charge in [-0.1, -0.05) is 0 Å². The van der Waals surface area contributed by atoms with Crippen LogP contribution in [0.4, 0.5) is 5.82 Å². The lowest BCUT2D eigenvalue weighted by molar-refractivity contribution is 0.0739. The van der Waals surface area contributed by atoms with Gasteiger partial charge in [-0.3, -0.25) is 14.9 Å². The number of H-pyrrole nitrogens is 1. The van der Waals surface area contributed by atoms with Gasteiger partial charge in [0, 0.05) is 43.6 Å². The summed E-state index contributed by atoms with van der Waals surface area (Å²) >= 11 is 0. The van der Waals surface area contributed by atoms with Gasteiger partial charge in [0.15, 0.2) is 5.69 Å². The number of aryl methyl sites for hydroxylation is 3. The SMILES string of the molecule is Cc1cnc(C)c(N2CCN(C(=O)c3n[nH]c4c3CCC4)CC2)n1. The van der Waals surface area contributed by atoms with Gasteiger partial charge in [0.05, 0.1) is 11.4 Å². The predicted octanol–water partition coefficient (Wildman–Crippen LogP) is 1.27. The summed E-state index contributed by atoms with van der Waals surface area (Å²) < 4.78 is 0. The van der Waals surface area contributed by atoms with Crippen LogP contribution in [0.25, 0.3) is 0 Å². The number of aromatic nitrogens is 4. The number of nitrogens with one attached hydrogen (secondary N) is 1. The summed E-state index contributed by atoms with van der Waals surface area (Å²) in [5.74, 6) is 0.990. The van der Waals surface area contributed by atoms with Gasteiger partial charge in [0.2, 0.25) is 0 Å². The lowest BCUT2D eigenvalue weighted by atomic mass is 10.1. The average Bonchev–Trinajstić information content (AvgIpc) is 3.20. The third-order valence-corrected chi connectivity index (χ3v) is 4.93. The van der Waals surface area contributed by atoms with Gasteiger partial charge < -0.3 is 9.80 Å². The van der Waals surface area contributed by atoms with Gasteiger partial charge in [-0.15, -0.1) is 0 Å². The standard InChI is InChI=1S/C17H22N6O/c1-11-10-18-12(2)16(19-11)22-6-8-23(9-7-22)17(24)15-13-4-3-5-14(13)20-21-15/h10H,3-9H2,1-2H3,(H,20,21). The Morgan fingerprint density at radius 1 is 1.17 bits per heavy atom. The fourth-order valence-corrected chi connectivity index (χ4v) is 3.59. The zero-order valence-corrected chi connectivity index (χ0v) is 14.2. The van der Waals surface area contributed by atoms with Crippen molar-refractivity contribution < 1.29 is 4.79 Å². The molecule has 0 atom stereocenters. The fourth-order valence-electron chi connectivity index (χ4n) is 3.59. The zero-order chi connectivity index (χ0) is 16.7. The van der Waals surface area contributed by atoms with Gasteiger partial charge >= 0.3 is 0 Å². The average molecular weight is 326 g/mol. The van der Waals surface area contributed by atoms with Crippen molar-refractivity contribution in [1.29, 1.82) is 0 Å². The highest BCUT2D eigenvalue weighted by Crippen LogP contribution is 2.24. The van der Waals surface area contributed by atoms with Crippen molar-refractivity contribution in [3.05, 3.63) is 34.5 Å².